The number of benzene rings is 10. The molecule has 6 heterocycles. The molecular formula is C69H50BN3O3. The van der Waals surface area contributed by atoms with Gasteiger partial charge in [0, 0.05) is 77.9 Å². The minimum atomic E-state index is -0.397. The summed E-state index contributed by atoms with van der Waals surface area (Å²) in [5.41, 5.74) is 20.7. The molecule has 0 atom stereocenters. The number of fused-ring (bicyclic) bond motifs is 15. The van der Waals surface area contributed by atoms with Crippen molar-refractivity contribution in [3.05, 3.63) is 229 Å². The molecule has 0 N–H and O–H groups in total. The van der Waals surface area contributed by atoms with E-state index in [2.05, 4.69) is 261 Å². The molecule has 6 nitrogen and oxygen atoms in total. The lowest BCUT2D eigenvalue weighted by Crippen LogP contribution is -2.57. The van der Waals surface area contributed by atoms with Gasteiger partial charge in [-0.25, -0.2) is 0 Å². The van der Waals surface area contributed by atoms with E-state index in [1.165, 1.54) is 11.1 Å². The summed E-state index contributed by atoms with van der Waals surface area (Å²) < 4.78 is 24.4. The van der Waals surface area contributed by atoms with Gasteiger partial charge in [0.05, 0.1) is 22.4 Å². The van der Waals surface area contributed by atoms with Crippen LogP contribution in [0.25, 0.3) is 77.2 Å². The quantitative estimate of drug-likeness (QED) is 0.161. The van der Waals surface area contributed by atoms with E-state index in [4.69, 9.17) is 13.6 Å². The molecule has 0 fully saturated rings. The number of rotatable bonds is 5. The van der Waals surface area contributed by atoms with Gasteiger partial charge in [0.15, 0.2) is 11.3 Å². The van der Waals surface area contributed by atoms with Crippen LogP contribution in [0.15, 0.2) is 221 Å². The summed E-state index contributed by atoms with van der Waals surface area (Å²) in [6.07, 6.45) is 0. The Bertz CT molecular complexity index is 4540. The molecule has 0 saturated heterocycles. The van der Waals surface area contributed by atoms with E-state index in [1.54, 1.807) is 0 Å². The number of hydrogen-bond acceptors (Lipinski definition) is 5. The van der Waals surface area contributed by atoms with Crippen molar-refractivity contribution in [1.82, 2.24) is 4.48 Å². The first-order chi connectivity index (χ1) is 37.1. The Morgan fingerprint density at radius 2 is 1.17 bits per heavy atom. The van der Waals surface area contributed by atoms with Gasteiger partial charge in [-0.15, -0.1) is 0 Å². The summed E-state index contributed by atoms with van der Waals surface area (Å²) >= 11 is 0. The van der Waals surface area contributed by atoms with Crippen LogP contribution < -0.4 is 25.5 Å². The molecule has 362 valence electrons. The molecule has 7 heteroatoms. The summed E-state index contributed by atoms with van der Waals surface area (Å²) in [5, 5.41) is 5.44. The van der Waals surface area contributed by atoms with Crippen molar-refractivity contribution in [2.24, 2.45) is 0 Å². The third kappa shape index (κ3) is 5.88. The highest BCUT2D eigenvalue weighted by Crippen LogP contribution is 2.57. The number of nitrogens with zero attached hydrogens (tertiary/aromatic N) is 3. The first kappa shape index (κ1) is 43.2. The van der Waals surface area contributed by atoms with E-state index >= 15 is 0 Å². The van der Waals surface area contributed by atoms with E-state index in [-0.39, 0.29) is 12.3 Å². The normalized spacial score (nSPS) is 14.0. The molecule has 3 aromatic heterocycles. The lowest BCUT2D eigenvalue weighted by atomic mass is 9.44. The summed E-state index contributed by atoms with van der Waals surface area (Å²) in [5.74, 6) is 1.72. The fourth-order valence-electron chi connectivity index (χ4n) is 13.2. The second-order valence-corrected chi connectivity index (χ2v) is 22.4. The van der Waals surface area contributed by atoms with E-state index in [0.29, 0.717) is 0 Å². The fourth-order valence-corrected chi connectivity index (χ4v) is 13.2. The number of para-hydroxylation sites is 5. The zero-order valence-corrected chi connectivity index (χ0v) is 42.9. The minimum absolute atomic E-state index is 0.103. The minimum Gasteiger partial charge on any atom is -0.457 e. The predicted octanol–water partition coefficient (Wildman–Crippen LogP) is 17.7. The van der Waals surface area contributed by atoms with Crippen molar-refractivity contribution in [3.63, 3.8) is 0 Å². The standard InChI is InChI=1S/C69H50BN3O3/c1-68(2,3)42-33-35-54(48(37-42)41-21-9-6-10-22-41)72-56-40-60-52(69(4,5)51-29-17-20-32-59(51)74-60)39-53(56)70-63-49(38-50-45-27-15-18-30-57(45)75-66(50)65(63)72)46-34-36-55(71(43-23-11-7-12-24-43)44-25-13-8-14-26-44)62-61-47-28-16-19-31-58(47)76-67(61)73(70)64(46)62/h6-40H,1-5H3. The summed E-state index contributed by atoms with van der Waals surface area (Å²) in [6, 6.07) is 77.0. The largest absolute Gasteiger partial charge is 0.457 e. The van der Waals surface area contributed by atoms with Crippen LogP contribution in [0.5, 0.6) is 11.5 Å². The Labute approximate surface area is 440 Å². The molecule has 0 saturated carbocycles. The Hall–Kier alpha value is -9.20. The molecule has 0 unspecified atom stereocenters. The van der Waals surface area contributed by atoms with Crippen LogP contribution in [0.2, 0.25) is 0 Å². The molecule has 3 aliphatic rings. The molecule has 10 aromatic carbocycles. The predicted molar refractivity (Wildman–Crippen MR) is 314 cm³/mol. The fraction of sp³-hybridized carbons (Fsp3) is 0.101. The second-order valence-electron chi connectivity index (χ2n) is 22.4. The highest BCUT2D eigenvalue weighted by atomic mass is 16.5. The number of ether oxygens (including phenoxy) is 1. The summed E-state index contributed by atoms with van der Waals surface area (Å²) in [7, 11) is 0. The van der Waals surface area contributed by atoms with Crippen molar-refractivity contribution < 1.29 is 13.6 Å². The third-order valence-corrected chi connectivity index (χ3v) is 16.7. The number of anilines is 6. The van der Waals surface area contributed by atoms with Crippen molar-refractivity contribution in [1.29, 1.82) is 0 Å². The smallest absolute Gasteiger partial charge is 0.336 e. The van der Waals surface area contributed by atoms with Gasteiger partial charge < -0.3 is 27.8 Å². The molecule has 0 aliphatic carbocycles. The summed E-state index contributed by atoms with van der Waals surface area (Å²) in [6.45, 7) is 11.2. The van der Waals surface area contributed by atoms with Gasteiger partial charge in [-0.2, -0.15) is 0 Å². The molecule has 0 bridgehead atoms. The molecule has 13 aromatic rings. The number of furan rings is 2. The van der Waals surface area contributed by atoms with Crippen LogP contribution in [-0.4, -0.2) is 11.3 Å². The molecule has 16 rings (SSSR count). The molecule has 0 radical (unpaired) electrons. The third-order valence-electron chi connectivity index (χ3n) is 16.7. The maximum absolute atomic E-state index is 7.37. The zero-order chi connectivity index (χ0) is 50.8. The first-order valence-corrected chi connectivity index (χ1v) is 26.4. The lowest BCUT2D eigenvalue weighted by Gasteiger charge is -2.43. The second kappa shape index (κ2) is 15.4. The number of aromatic nitrogens is 1. The van der Waals surface area contributed by atoms with Crippen molar-refractivity contribution in [3.8, 4) is 33.8 Å². The maximum Gasteiger partial charge on any atom is 0.336 e. The van der Waals surface area contributed by atoms with E-state index in [0.717, 1.165) is 139 Å². The molecule has 76 heavy (non-hydrogen) atoms. The molecule has 0 spiro atoms. The number of hydrogen-bond donors (Lipinski definition) is 0. The Morgan fingerprint density at radius 1 is 0.513 bits per heavy atom. The van der Waals surface area contributed by atoms with Gasteiger partial charge in [-0.05, 0) is 99.8 Å². The average molecular weight is 980 g/mol. The van der Waals surface area contributed by atoms with Crippen molar-refractivity contribution in [2.75, 3.05) is 9.80 Å². The highest BCUT2D eigenvalue weighted by Gasteiger charge is 2.48. The van der Waals surface area contributed by atoms with E-state index < -0.39 is 5.41 Å². The van der Waals surface area contributed by atoms with Gasteiger partial charge in [0.1, 0.15) is 22.7 Å². The van der Waals surface area contributed by atoms with Crippen LogP contribution in [0.4, 0.5) is 34.1 Å². The summed E-state index contributed by atoms with van der Waals surface area (Å²) in [4.78, 5) is 4.93. The zero-order valence-electron chi connectivity index (χ0n) is 42.9. The SMILES string of the molecule is CC(C)(C)c1ccc(N2c3cc4c(cc3B3c5c(cc6c(oc7ccccc76)c52)-c2ccc(N(c5ccccc5)c5ccccc5)c5c6c7ccccc7oc6n3c25)C(C)(C)c2ccccc2O4)c(-c2ccccc2)c1. The van der Waals surface area contributed by atoms with Gasteiger partial charge in [0.2, 0.25) is 0 Å². The van der Waals surface area contributed by atoms with Gasteiger partial charge >= 0.3 is 6.85 Å². The average Bonchev–Trinajstić information content (AvgIpc) is 4.19. The molecule has 3 aliphatic heterocycles. The molecular weight excluding hydrogens is 930 g/mol. The van der Waals surface area contributed by atoms with Crippen molar-refractivity contribution >= 4 is 107 Å². The first-order valence-electron chi connectivity index (χ1n) is 26.4. The van der Waals surface area contributed by atoms with Crippen LogP contribution in [-0.2, 0) is 10.8 Å². The topological polar surface area (TPSA) is 46.9 Å². The molecule has 0 amide bonds. The monoisotopic (exact) mass is 979 g/mol. The Morgan fingerprint density at radius 3 is 1.91 bits per heavy atom. The van der Waals surface area contributed by atoms with Gasteiger partial charge in [-0.1, -0.05) is 174 Å². The van der Waals surface area contributed by atoms with Gasteiger partial charge in [-0.3, -0.25) is 0 Å². The van der Waals surface area contributed by atoms with Crippen molar-refractivity contribution in [2.45, 2.75) is 45.4 Å². The highest BCUT2D eigenvalue weighted by molar-refractivity contribution is 6.90. The van der Waals surface area contributed by atoms with E-state index in [1.807, 2.05) is 0 Å². The Balaban J connectivity index is 1.11. The maximum atomic E-state index is 7.37. The van der Waals surface area contributed by atoms with Crippen LogP contribution >= 0.6 is 0 Å². The lowest BCUT2D eigenvalue weighted by molar-refractivity contribution is 0.418. The van der Waals surface area contributed by atoms with Crippen LogP contribution in [0.3, 0.4) is 0 Å². The van der Waals surface area contributed by atoms with Crippen LogP contribution in [0.1, 0.15) is 51.3 Å². The van der Waals surface area contributed by atoms with Gasteiger partial charge in [0.25, 0.3) is 0 Å². The van der Waals surface area contributed by atoms with E-state index in [9.17, 15) is 0 Å². The Kier molecular flexibility index (Phi) is 8.78. The van der Waals surface area contributed by atoms with Crippen LogP contribution in [0, 0.1) is 0 Å².